The Morgan fingerprint density at radius 3 is 2.26 bits per heavy atom. The molecular weight excluding hydrogens is 532 g/mol. The summed E-state index contributed by atoms with van der Waals surface area (Å²) in [5.41, 5.74) is 2.26. The molecule has 4 saturated carbocycles. The number of allylic oxidation sites excluding steroid dienone is 2. The molecule has 0 saturated heterocycles. The van der Waals surface area contributed by atoms with Crippen LogP contribution in [0.15, 0.2) is 48.1 Å². The van der Waals surface area contributed by atoms with Crippen LogP contribution in [0.2, 0.25) is 0 Å². The number of carbonyl (C=O) groups is 2. The van der Waals surface area contributed by atoms with Gasteiger partial charge in [0.25, 0.3) is 0 Å². The van der Waals surface area contributed by atoms with E-state index in [9.17, 15) is 14.7 Å². The van der Waals surface area contributed by atoms with Gasteiger partial charge in [-0.1, -0.05) is 90.4 Å². The number of esters is 1. The normalized spacial score (nSPS) is 42.9. The fourth-order valence-electron chi connectivity index (χ4n) is 11.7. The van der Waals surface area contributed by atoms with Crippen LogP contribution in [0.3, 0.4) is 0 Å². The molecule has 0 radical (unpaired) electrons. The maximum atomic E-state index is 13.0. The van der Waals surface area contributed by atoms with Crippen LogP contribution in [0.1, 0.15) is 118 Å². The molecule has 4 heteroatoms. The molecule has 0 aromatic heterocycles. The van der Waals surface area contributed by atoms with Crippen LogP contribution in [0, 0.1) is 50.2 Å². The zero-order chi connectivity index (χ0) is 31.1. The summed E-state index contributed by atoms with van der Waals surface area (Å²) in [5, 5.41) is 10.6. The number of hydrogen-bond donors (Lipinski definition) is 1. The Bertz CT molecular complexity index is 1340. The summed E-state index contributed by atoms with van der Waals surface area (Å²) in [6.07, 6.45) is 15.8. The highest BCUT2D eigenvalue weighted by atomic mass is 16.5. The molecule has 234 valence electrons. The van der Waals surface area contributed by atoms with E-state index in [2.05, 4.69) is 54.5 Å². The predicted molar refractivity (Wildman–Crippen MR) is 172 cm³/mol. The minimum absolute atomic E-state index is 0.0244. The number of rotatable bonds is 4. The van der Waals surface area contributed by atoms with E-state index in [0.29, 0.717) is 11.8 Å². The van der Waals surface area contributed by atoms with Gasteiger partial charge in [0, 0.05) is 11.5 Å². The van der Waals surface area contributed by atoms with E-state index in [-0.39, 0.29) is 45.1 Å². The highest BCUT2D eigenvalue weighted by molar-refractivity contribution is 5.87. The largest absolute Gasteiger partial charge is 0.481 e. The minimum atomic E-state index is -0.593. The van der Waals surface area contributed by atoms with Crippen molar-refractivity contribution in [1.29, 1.82) is 0 Å². The van der Waals surface area contributed by atoms with Gasteiger partial charge in [0.2, 0.25) is 0 Å². The Labute approximate surface area is 259 Å². The van der Waals surface area contributed by atoms with E-state index in [1.165, 1.54) is 5.57 Å². The first-order valence-electron chi connectivity index (χ1n) is 17.0. The van der Waals surface area contributed by atoms with Gasteiger partial charge >= 0.3 is 11.9 Å². The maximum absolute atomic E-state index is 13.0. The SMILES string of the molecule is CC1(C)CC[C@]2(C(=O)O)CC[C@]3(C)C(=CCC4[C@@]5(C)CC[C@H](OC(=O)/C=C/c6ccccc6)C(C)(C)C5CC[C@]43C)C2C1. The number of fused-ring (bicyclic) bond motifs is 7. The van der Waals surface area contributed by atoms with Crippen molar-refractivity contribution in [1.82, 2.24) is 0 Å². The highest BCUT2D eigenvalue weighted by Crippen LogP contribution is 2.75. The van der Waals surface area contributed by atoms with Gasteiger partial charge in [0.1, 0.15) is 6.10 Å². The smallest absolute Gasteiger partial charge is 0.331 e. The third-order valence-electron chi connectivity index (χ3n) is 14.5. The summed E-state index contributed by atoms with van der Waals surface area (Å²) in [4.78, 5) is 25.9. The van der Waals surface area contributed by atoms with Gasteiger partial charge in [-0.05, 0) is 115 Å². The number of aliphatic carboxylic acids is 1. The second kappa shape index (κ2) is 10.1. The summed E-state index contributed by atoms with van der Waals surface area (Å²) in [5.74, 6) is 0.342. The molecule has 0 spiro atoms. The van der Waals surface area contributed by atoms with Crippen LogP contribution in [-0.4, -0.2) is 23.1 Å². The molecule has 1 N–H and O–H groups in total. The van der Waals surface area contributed by atoms with E-state index in [1.54, 1.807) is 6.08 Å². The van der Waals surface area contributed by atoms with Crippen LogP contribution >= 0.6 is 0 Å². The lowest BCUT2D eigenvalue weighted by atomic mass is 9.33. The first kappa shape index (κ1) is 30.7. The van der Waals surface area contributed by atoms with Gasteiger partial charge in [-0.25, -0.2) is 4.79 Å². The fraction of sp³-hybridized carbons (Fsp3) is 0.692. The molecule has 3 unspecified atom stereocenters. The van der Waals surface area contributed by atoms with Crippen LogP contribution in [-0.2, 0) is 14.3 Å². The van der Waals surface area contributed by atoms with Crippen LogP contribution < -0.4 is 0 Å². The molecule has 1 aromatic rings. The van der Waals surface area contributed by atoms with Crippen molar-refractivity contribution >= 4 is 18.0 Å². The number of ether oxygens (including phenoxy) is 1. The van der Waals surface area contributed by atoms with Gasteiger partial charge in [-0.15, -0.1) is 0 Å². The van der Waals surface area contributed by atoms with Gasteiger partial charge in [-0.2, -0.15) is 0 Å². The summed E-state index contributed by atoms with van der Waals surface area (Å²) in [6.45, 7) is 17.0. The van der Waals surface area contributed by atoms with Crippen molar-refractivity contribution < 1.29 is 19.4 Å². The van der Waals surface area contributed by atoms with Gasteiger partial charge in [-0.3, -0.25) is 4.79 Å². The monoisotopic (exact) mass is 586 g/mol. The molecule has 43 heavy (non-hydrogen) atoms. The van der Waals surface area contributed by atoms with Gasteiger partial charge in [0.05, 0.1) is 5.41 Å². The van der Waals surface area contributed by atoms with Crippen molar-refractivity contribution in [2.75, 3.05) is 0 Å². The number of carbonyl (C=O) groups excluding carboxylic acids is 1. The van der Waals surface area contributed by atoms with Gasteiger partial charge in [0.15, 0.2) is 0 Å². The predicted octanol–water partition coefficient (Wildman–Crippen LogP) is 9.50. The Balaban J connectivity index is 1.27. The summed E-state index contributed by atoms with van der Waals surface area (Å²) in [7, 11) is 0. The molecule has 0 aliphatic heterocycles. The third kappa shape index (κ3) is 4.51. The Morgan fingerprint density at radius 1 is 0.860 bits per heavy atom. The quantitative estimate of drug-likeness (QED) is 0.217. The third-order valence-corrected chi connectivity index (χ3v) is 14.5. The zero-order valence-corrected chi connectivity index (χ0v) is 27.7. The molecule has 1 aromatic carbocycles. The van der Waals surface area contributed by atoms with Crippen LogP contribution in [0.5, 0.6) is 0 Å². The Kier molecular flexibility index (Phi) is 7.18. The molecule has 8 atom stereocenters. The Hall–Kier alpha value is -2.36. The number of carboxylic acid groups (broad SMARTS) is 1. The second-order valence-electron chi connectivity index (χ2n) is 17.2. The average molecular weight is 587 g/mol. The number of benzene rings is 1. The average Bonchev–Trinajstić information content (AvgIpc) is 2.94. The number of carboxylic acids is 1. The van der Waals surface area contributed by atoms with Crippen LogP contribution in [0.25, 0.3) is 6.08 Å². The summed E-state index contributed by atoms with van der Waals surface area (Å²) in [6, 6.07) is 9.91. The summed E-state index contributed by atoms with van der Waals surface area (Å²) >= 11 is 0. The van der Waals surface area contributed by atoms with E-state index in [1.807, 2.05) is 36.4 Å². The fourth-order valence-corrected chi connectivity index (χ4v) is 11.7. The molecule has 0 amide bonds. The highest BCUT2D eigenvalue weighted by Gasteiger charge is 2.69. The van der Waals surface area contributed by atoms with Crippen molar-refractivity contribution in [3.05, 3.63) is 53.6 Å². The van der Waals surface area contributed by atoms with Crippen molar-refractivity contribution in [3.63, 3.8) is 0 Å². The lowest BCUT2D eigenvalue weighted by molar-refractivity contribution is -0.212. The lowest BCUT2D eigenvalue weighted by Crippen LogP contribution is -2.65. The van der Waals surface area contributed by atoms with E-state index in [0.717, 1.165) is 69.8 Å². The summed E-state index contributed by atoms with van der Waals surface area (Å²) < 4.78 is 6.21. The van der Waals surface area contributed by atoms with Crippen molar-refractivity contribution in [3.8, 4) is 0 Å². The van der Waals surface area contributed by atoms with Gasteiger partial charge < -0.3 is 9.84 Å². The molecule has 0 heterocycles. The molecule has 5 aliphatic rings. The van der Waals surface area contributed by atoms with E-state index >= 15 is 0 Å². The van der Waals surface area contributed by atoms with E-state index in [4.69, 9.17) is 4.74 Å². The Morgan fingerprint density at radius 2 is 1.56 bits per heavy atom. The molecule has 4 fully saturated rings. The zero-order valence-electron chi connectivity index (χ0n) is 27.7. The van der Waals surface area contributed by atoms with Crippen molar-refractivity contribution in [2.24, 2.45) is 50.2 Å². The van der Waals surface area contributed by atoms with Crippen LogP contribution in [0.4, 0.5) is 0 Å². The molecular formula is C39H54O4. The minimum Gasteiger partial charge on any atom is -0.481 e. The standard InChI is InChI=1S/C39H54O4/c1-34(2)21-23-39(33(41)42)24-22-37(6)27(28(39)25-34)14-15-30-36(5)19-18-31(35(3,4)29(36)17-20-38(30,37)7)43-32(40)16-13-26-11-9-8-10-12-26/h8-14,16,28-31H,15,17-25H2,1-7H3,(H,41,42)/b16-13+/t28?,29?,30?,31-,36-,37+,38+,39-/m0/s1. The second-order valence-corrected chi connectivity index (χ2v) is 17.2. The lowest BCUT2D eigenvalue weighted by Gasteiger charge is -2.71. The van der Waals surface area contributed by atoms with Crippen molar-refractivity contribution in [2.45, 2.75) is 119 Å². The first-order chi connectivity index (χ1) is 20.1. The number of hydrogen-bond acceptors (Lipinski definition) is 3. The molecule has 5 aliphatic carbocycles. The first-order valence-corrected chi connectivity index (χ1v) is 17.0. The molecule has 6 rings (SSSR count). The maximum Gasteiger partial charge on any atom is 0.331 e. The topological polar surface area (TPSA) is 63.6 Å². The molecule has 4 nitrogen and oxygen atoms in total. The van der Waals surface area contributed by atoms with E-state index < -0.39 is 11.4 Å². The molecule has 0 bridgehead atoms.